The Hall–Kier alpha value is -2.29. The number of benzene rings is 1. The second kappa shape index (κ2) is 8.81. The van der Waals surface area contributed by atoms with E-state index in [9.17, 15) is 27.9 Å². The monoisotopic (exact) mass is 401 g/mol. The maximum Gasteiger partial charge on any atom is 0.416 e. The molecule has 0 unspecified atom stereocenters. The minimum absolute atomic E-state index is 0.0187. The SMILES string of the molecule is CC(C)(O)CCC(=O)N1CCC(NC(=O)Nc2ccc(C(F)(F)F)cc2)CC1. The summed E-state index contributed by atoms with van der Waals surface area (Å²) in [6.07, 6.45) is -2.57. The zero-order valence-electron chi connectivity index (χ0n) is 16.0. The van der Waals surface area contributed by atoms with Gasteiger partial charge < -0.3 is 20.6 Å². The Morgan fingerprint density at radius 3 is 2.21 bits per heavy atom. The molecule has 2 rings (SSSR count). The first kappa shape index (κ1) is 22.0. The predicted molar refractivity (Wildman–Crippen MR) is 98.7 cm³/mol. The number of nitrogens with zero attached hydrogens (tertiary/aromatic N) is 1. The average Bonchev–Trinajstić information content (AvgIpc) is 2.59. The Bertz CT molecular complexity index is 676. The number of piperidine rings is 1. The molecule has 1 aromatic carbocycles. The van der Waals surface area contributed by atoms with Crippen LogP contribution < -0.4 is 10.6 Å². The smallest absolute Gasteiger partial charge is 0.390 e. The van der Waals surface area contributed by atoms with E-state index in [-0.39, 0.29) is 24.1 Å². The third-order valence-corrected chi connectivity index (χ3v) is 4.60. The Morgan fingerprint density at radius 2 is 1.71 bits per heavy atom. The molecule has 3 amide bonds. The molecule has 156 valence electrons. The van der Waals surface area contributed by atoms with Gasteiger partial charge in [-0.15, -0.1) is 0 Å². The van der Waals surface area contributed by atoms with Crippen molar-refractivity contribution in [2.75, 3.05) is 18.4 Å². The van der Waals surface area contributed by atoms with E-state index in [4.69, 9.17) is 0 Å². The van der Waals surface area contributed by atoms with Crippen LogP contribution in [0.15, 0.2) is 24.3 Å². The molecule has 6 nitrogen and oxygen atoms in total. The number of aliphatic hydroxyl groups is 1. The summed E-state index contributed by atoms with van der Waals surface area (Å²) in [4.78, 5) is 25.9. The van der Waals surface area contributed by atoms with Gasteiger partial charge in [-0.3, -0.25) is 4.79 Å². The highest BCUT2D eigenvalue weighted by Gasteiger charge is 2.30. The Morgan fingerprint density at radius 1 is 1.14 bits per heavy atom. The zero-order chi connectivity index (χ0) is 20.9. The van der Waals surface area contributed by atoms with Crippen molar-refractivity contribution in [1.29, 1.82) is 0 Å². The maximum absolute atomic E-state index is 12.5. The lowest BCUT2D eigenvalue weighted by Gasteiger charge is -2.33. The zero-order valence-corrected chi connectivity index (χ0v) is 16.0. The molecule has 0 spiro atoms. The van der Waals surface area contributed by atoms with Gasteiger partial charge in [-0.05, 0) is 57.4 Å². The molecule has 0 saturated carbocycles. The van der Waals surface area contributed by atoms with Gasteiger partial charge in [0.2, 0.25) is 5.91 Å². The summed E-state index contributed by atoms with van der Waals surface area (Å²) in [6.45, 7) is 4.34. The minimum atomic E-state index is -4.42. The normalized spacial score (nSPS) is 16.0. The van der Waals surface area contributed by atoms with Crippen LogP contribution in [0.2, 0.25) is 0 Å². The van der Waals surface area contributed by atoms with Gasteiger partial charge in [-0.25, -0.2) is 4.79 Å². The number of rotatable bonds is 5. The largest absolute Gasteiger partial charge is 0.416 e. The number of amides is 3. The minimum Gasteiger partial charge on any atom is -0.390 e. The van der Waals surface area contributed by atoms with Crippen LogP contribution in [-0.4, -0.2) is 46.7 Å². The Labute approximate surface area is 162 Å². The highest BCUT2D eigenvalue weighted by atomic mass is 19.4. The van der Waals surface area contributed by atoms with E-state index in [2.05, 4.69) is 10.6 Å². The van der Waals surface area contributed by atoms with Crippen molar-refractivity contribution < 1.29 is 27.9 Å². The summed E-state index contributed by atoms with van der Waals surface area (Å²) >= 11 is 0. The molecular formula is C19H26F3N3O3. The standard InChI is InChI=1S/C19H26F3N3O3/c1-18(2,28)10-7-16(26)25-11-8-15(9-12-25)24-17(27)23-14-5-3-13(4-6-14)19(20,21)22/h3-6,15,28H,7-12H2,1-2H3,(H2,23,24,27). The van der Waals surface area contributed by atoms with Gasteiger partial charge in [0, 0.05) is 31.2 Å². The number of carbonyl (C=O) groups is 2. The van der Waals surface area contributed by atoms with Gasteiger partial charge >= 0.3 is 12.2 Å². The third-order valence-electron chi connectivity index (χ3n) is 4.60. The molecule has 1 aliphatic rings. The van der Waals surface area contributed by atoms with Crippen molar-refractivity contribution in [2.24, 2.45) is 0 Å². The number of anilines is 1. The average molecular weight is 401 g/mol. The lowest BCUT2D eigenvalue weighted by atomic mass is 10.0. The molecular weight excluding hydrogens is 375 g/mol. The van der Waals surface area contributed by atoms with Crippen LogP contribution in [-0.2, 0) is 11.0 Å². The molecule has 28 heavy (non-hydrogen) atoms. The third kappa shape index (κ3) is 7.03. The number of alkyl halides is 3. The first-order valence-corrected chi connectivity index (χ1v) is 9.19. The molecule has 0 bridgehead atoms. The molecule has 1 fully saturated rings. The molecule has 0 aromatic heterocycles. The fraction of sp³-hybridized carbons (Fsp3) is 0.579. The number of halogens is 3. The Balaban J connectivity index is 1.75. The maximum atomic E-state index is 12.5. The summed E-state index contributed by atoms with van der Waals surface area (Å²) in [5, 5.41) is 15.0. The summed E-state index contributed by atoms with van der Waals surface area (Å²) in [7, 11) is 0. The molecule has 1 heterocycles. The number of likely N-dealkylation sites (tertiary alicyclic amines) is 1. The summed E-state index contributed by atoms with van der Waals surface area (Å²) in [5.41, 5.74) is -1.39. The summed E-state index contributed by atoms with van der Waals surface area (Å²) < 4.78 is 37.6. The van der Waals surface area contributed by atoms with E-state index in [1.54, 1.807) is 18.7 Å². The fourth-order valence-corrected chi connectivity index (χ4v) is 2.94. The van der Waals surface area contributed by atoms with Gasteiger partial charge in [0.25, 0.3) is 0 Å². The van der Waals surface area contributed by atoms with E-state index in [0.717, 1.165) is 12.1 Å². The Kier molecular flexibility index (Phi) is 6.92. The molecule has 1 aromatic rings. The molecule has 9 heteroatoms. The number of hydrogen-bond donors (Lipinski definition) is 3. The van der Waals surface area contributed by atoms with Crippen LogP contribution in [0.5, 0.6) is 0 Å². The van der Waals surface area contributed by atoms with E-state index >= 15 is 0 Å². The fourth-order valence-electron chi connectivity index (χ4n) is 2.94. The van der Waals surface area contributed by atoms with E-state index in [0.29, 0.717) is 32.4 Å². The first-order chi connectivity index (χ1) is 12.9. The predicted octanol–water partition coefficient (Wildman–Crippen LogP) is 3.37. The molecule has 1 saturated heterocycles. The second-order valence-corrected chi connectivity index (χ2v) is 7.64. The quantitative estimate of drug-likeness (QED) is 0.708. The molecule has 0 aliphatic carbocycles. The van der Waals surface area contributed by atoms with E-state index < -0.39 is 23.4 Å². The van der Waals surface area contributed by atoms with Gasteiger partial charge in [-0.2, -0.15) is 13.2 Å². The van der Waals surface area contributed by atoms with Gasteiger partial charge in [0.15, 0.2) is 0 Å². The van der Waals surface area contributed by atoms with Crippen molar-refractivity contribution in [2.45, 2.75) is 57.3 Å². The highest BCUT2D eigenvalue weighted by Crippen LogP contribution is 2.29. The van der Waals surface area contributed by atoms with Crippen molar-refractivity contribution in [3.05, 3.63) is 29.8 Å². The summed E-state index contributed by atoms with van der Waals surface area (Å²) in [5.74, 6) is -0.0187. The second-order valence-electron chi connectivity index (χ2n) is 7.64. The number of carbonyl (C=O) groups excluding carboxylic acids is 2. The van der Waals surface area contributed by atoms with E-state index in [1.807, 2.05) is 0 Å². The van der Waals surface area contributed by atoms with Gasteiger partial charge in [-0.1, -0.05) is 0 Å². The van der Waals surface area contributed by atoms with Crippen LogP contribution in [0.4, 0.5) is 23.7 Å². The van der Waals surface area contributed by atoms with Crippen molar-refractivity contribution in [3.8, 4) is 0 Å². The molecule has 0 radical (unpaired) electrons. The van der Waals surface area contributed by atoms with Gasteiger partial charge in [0.05, 0.1) is 11.2 Å². The van der Waals surface area contributed by atoms with Crippen LogP contribution in [0.25, 0.3) is 0 Å². The molecule has 0 atom stereocenters. The van der Waals surface area contributed by atoms with E-state index in [1.165, 1.54) is 12.1 Å². The van der Waals surface area contributed by atoms with Crippen LogP contribution in [0, 0.1) is 0 Å². The lowest BCUT2D eigenvalue weighted by Crippen LogP contribution is -2.47. The van der Waals surface area contributed by atoms with Crippen molar-refractivity contribution in [3.63, 3.8) is 0 Å². The van der Waals surface area contributed by atoms with Crippen LogP contribution >= 0.6 is 0 Å². The van der Waals surface area contributed by atoms with Crippen LogP contribution in [0.3, 0.4) is 0 Å². The number of nitrogens with one attached hydrogen (secondary N) is 2. The highest BCUT2D eigenvalue weighted by molar-refractivity contribution is 5.89. The molecule has 3 N–H and O–H groups in total. The topological polar surface area (TPSA) is 81.7 Å². The van der Waals surface area contributed by atoms with Crippen molar-refractivity contribution in [1.82, 2.24) is 10.2 Å². The number of urea groups is 1. The molecule has 1 aliphatic heterocycles. The number of hydrogen-bond acceptors (Lipinski definition) is 3. The van der Waals surface area contributed by atoms with Crippen LogP contribution in [0.1, 0.15) is 45.1 Å². The summed E-state index contributed by atoms with van der Waals surface area (Å²) in [6, 6.07) is 3.61. The van der Waals surface area contributed by atoms with Gasteiger partial charge in [0.1, 0.15) is 0 Å². The first-order valence-electron chi connectivity index (χ1n) is 9.19. The van der Waals surface area contributed by atoms with Crippen molar-refractivity contribution >= 4 is 17.6 Å². The lowest BCUT2D eigenvalue weighted by molar-refractivity contribution is -0.137.